The molecular formula is C16H13N5O2S. The van der Waals surface area contributed by atoms with E-state index in [4.69, 9.17) is 4.74 Å². The Balaban J connectivity index is 1.67. The van der Waals surface area contributed by atoms with Gasteiger partial charge in [0, 0.05) is 17.8 Å². The Hall–Kier alpha value is -3.00. The average molecular weight is 339 g/mol. The van der Waals surface area contributed by atoms with Gasteiger partial charge < -0.3 is 4.74 Å². The summed E-state index contributed by atoms with van der Waals surface area (Å²) in [7, 11) is 0. The van der Waals surface area contributed by atoms with Gasteiger partial charge in [0.2, 0.25) is 0 Å². The lowest BCUT2D eigenvalue weighted by atomic mass is 10.3. The lowest BCUT2D eigenvalue weighted by Crippen LogP contribution is -2.04. The van der Waals surface area contributed by atoms with Crippen LogP contribution in [0.1, 0.15) is 17.4 Å². The minimum Gasteiger partial charge on any atom is -0.461 e. The first-order valence-corrected chi connectivity index (χ1v) is 8.24. The molecule has 0 N–H and O–H groups in total. The molecule has 0 saturated carbocycles. The van der Waals surface area contributed by atoms with Crippen LogP contribution < -0.4 is 0 Å². The molecule has 4 heterocycles. The first-order chi connectivity index (χ1) is 11.8. The summed E-state index contributed by atoms with van der Waals surface area (Å²) in [6.45, 7) is 2.08. The molecule has 0 amide bonds. The first-order valence-electron chi connectivity index (χ1n) is 7.36. The van der Waals surface area contributed by atoms with Crippen molar-refractivity contribution in [2.45, 2.75) is 6.92 Å². The van der Waals surface area contributed by atoms with Gasteiger partial charge >= 0.3 is 5.97 Å². The van der Waals surface area contributed by atoms with Gasteiger partial charge in [-0.05, 0) is 19.1 Å². The molecule has 0 saturated heterocycles. The van der Waals surface area contributed by atoms with Crippen molar-refractivity contribution in [1.82, 2.24) is 24.1 Å². The van der Waals surface area contributed by atoms with Crippen LogP contribution in [0.15, 0.2) is 48.5 Å². The van der Waals surface area contributed by atoms with E-state index in [-0.39, 0.29) is 5.69 Å². The third-order valence-corrected chi connectivity index (χ3v) is 4.34. The van der Waals surface area contributed by atoms with Crippen LogP contribution in [0.4, 0.5) is 0 Å². The molecule has 0 aliphatic rings. The Morgan fingerprint density at radius 3 is 3.17 bits per heavy atom. The number of rotatable bonds is 4. The zero-order valence-electron chi connectivity index (χ0n) is 12.8. The van der Waals surface area contributed by atoms with Crippen LogP contribution in [0.3, 0.4) is 0 Å². The summed E-state index contributed by atoms with van der Waals surface area (Å²) in [4.78, 5) is 20.4. The van der Waals surface area contributed by atoms with Crippen LogP contribution in [-0.4, -0.2) is 36.7 Å². The van der Waals surface area contributed by atoms with Gasteiger partial charge in [0.25, 0.3) is 0 Å². The highest BCUT2D eigenvalue weighted by molar-refractivity contribution is 7.13. The van der Waals surface area contributed by atoms with Crippen LogP contribution in [0.5, 0.6) is 0 Å². The number of nitrogens with zero attached hydrogens (tertiary/aromatic N) is 5. The highest BCUT2D eigenvalue weighted by atomic mass is 32.1. The largest absolute Gasteiger partial charge is 0.461 e. The first kappa shape index (κ1) is 14.6. The van der Waals surface area contributed by atoms with E-state index >= 15 is 0 Å². The number of carbonyl (C=O) groups excluding carboxylic acids is 1. The van der Waals surface area contributed by atoms with Gasteiger partial charge in [-0.15, -0.1) is 11.3 Å². The number of imidazole rings is 1. The maximum atomic E-state index is 11.7. The second-order valence-corrected chi connectivity index (χ2v) is 5.84. The quantitative estimate of drug-likeness (QED) is 0.535. The SMILES string of the molecule is CCOC(=O)c1cn(-c2csc(-c3cnn4ccccc34)n2)cn1. The van der Waals surface area contributed by atoms with Crippen molar-refractivity contribution in [2.75, 3.05) is 6.61 Å². The number of pyridine rings is 1. The third-order valence-electron chi connectivity index (χ3n) is 3.48. The summed E-state index contributed by atoms with van der Waals surface area (Å²) in [5.41, 5.74) is 2.23. The van der Waals surface area contributed by atoms with E-state index in [9.17, 15) is 4.79 Å². The van der Waals surface area contributed by atoms with Crippen molar-refractivity contribution >= 4 is 22.8 Å². The molecule has 24 heavy (non-hydrogen) atoms. The molecule has 0 spiro atoms. The molecule has 4 aromatic rings. The fourth-order valence-corrected chi connectivity index (χ4v) is 3.19. The standard InChI is InChI=1S/C16H13N5O2S/c1-2-23-16(22)12-8-20(10-17-12)14-9-24-15(19-14)11-7-18-21-6-4-3-5-13(11)21/h3-10H,2H2,1H3. The van der Waals surface area contributed by atoms with Crippen molar-refractivity contribution in [1.29, 1.82) is 0 Å². The number of hydrogen-bond donors (Lipinski definition) is 0. The molecule has 0 aromatic carbocycles. The smallest absolute Gasteiger partial charge is 0.358 e. The van der Waals surface area contributed by atoms with Gasteiger partial charge in [-0.2, -0.15) is 5.10 Å². The minimum atomic E-state index is -0.436. The van der Waals surface area contributed by atoms with Crippen molar-refractivity contribution in [3.05, 3.63) is 54.2 Å². The lowest BCUT2D eigenvalue weighted by Gasteiger charge is -1.97. The molecule has 0 unspecified atom stereocenters. The van der Waals surface area contributed by atoms with E-state index in [0.717, 1.165) is 16.1 Å². The summed E-state index contributed by atoms with van der Waals surface area (Å²) in [5, 5.41) is 7.10. The fraction of sp³-hybridized carbons (Fsp3) is 0.125. The zero-order chi connectivity index (χ0) is 16.5. The topological polar surface area (TPSA) is 74.3 Å². The van der Waals surface area contributed by atoms with Crippen molar-refractivity contribution in [2.24, 2.45) is 0 Å². The maximum Gasteiger partial charge on any atom is 0.358 e. The third kappa shape index (κ3) is 2.46. The summed E-state index contributed by atoms with van der Waals surface area (Å²) < 4.78 is 8.46. The maximum absolute atomic E-state index is 11.7. The number of aromatic nitrogens is 5. The average Bonchev–Trinajstić information content (AvgIpc) is 3.32. The Morgan fingerprint density at radius 2 is 2.29 bits per heavy atom. The molecule has 0 fully saturated rings. The lowest BCUT2D eigenvalue weighted by molar-refractivity contribution is 0.0520. The molecule has 7 nitrogen and oxygen atoms in total. The van der Waals surface area contributed by atoms with Crippen molar-refractivity contribution in [3.63, 3.8) is 0 Å². The van der Waals surface area contributed by atoms with E-state index in [1.165, 1.54) is 11.3 Å². The van der Waals surface area contributed by atoms with Crippen LogP contribution in [0.2, 0.25) is 0 Å². The van der Waals surface area contributed by atoms with E-state index in [1.807, 2.05) is 34.3 Å². The van der Waals surface area contributed by atoms with Crippen LogP contribution in [0, 0.1) is 0 Å². The predicted molar refractivity (Wildman–Crippen MR) is 89.4 cm³/mol. The van der Waals surface area contributed by atoms with Gasteiger partial charge in [-0.25, -0.2) is 19.3 Å². The van der Waals surface area contributed by atoms with Crippen LogP contribution >= 0.6 is 11.3 Å². The predicted octanol–water partition coefficient (Wildman–Crippen LogP) is 2.82. The normalized spacial score (nSPS) is 11.0. The number of hydrogen-bond acceptors (Lipinski definition) is 6. The highest BCUT2D eigenvalue weighted by Crippen LogP contribution is 2.28. The van der Waals surface area contributed by atoms with Crippen molar-refractivity contribution in [3.8, 4) is 16.4 Å². The van der Waals surface area contributed by atoms with E-state index in [2.05, 4.69) is 15.1 Å². The Kier molecular flexibility index (Phi) is 3.58. The van der Waals surface area contributed by atoms with Gasteiger partial charge in [0.15, 0.2) is 5.69 Å². The number of esters is 1. The second kappa shape index (κ2) is 5.89. The van der Waals surface area contributed by atoms with Crippen molar-refractivity contribution < 1.29 is 9.53 Å². The van der Waals surface area contributed by atoms with E-state index in [0.29, 0.717) is 12.4 Å². The fourth-order valence-electron chi connectivity index (χ4n) is 2.37. The summed E-state index contributed by atoms with van der Waals surface area (Å²) in [6.07, 6.45) is 6.87. The molecule has 4 rings (SSSR count). The molecule has 120 valence electrons. The van der Waals surface area contributed by atoms with E-state index < -0.39 is 5.97 Å². The van der Waals surface area contributed by atoms with Gasteiger partial charge in [0.1, 0.15) is 17.2 Å². The Labute approximate surface area is 141 Å². The molecular weight excluding hydrogens is 326 g/mol. The number of carbonyl (C=O) groups is 1. The molecule has 0 radical (unpaired) electrons. The van der Waals surface area contributed by atoms with Gasteiger partial charge in [-0.1, -0.05) is 6.07 Å². The molecule has 0 atom stereocenters. The molecule has 0 aliphatic heterocycles. The van der Waals surface area contributed by atoms with Crippen LogP contribution in [0.25, 0.3) is 21.9 Å². The molecule has 0 bridgehead atoms. The minimum absolute atomic E-state index is 0.266. The molecule has 0 aliphatic carbocycles. The molecule has 8 heteroatoms. The second-order valence-electron chi connectivity index (χ2n) is 4.99. The summed E-state index contributed by atoms with van der Waals surface area (Å²) in [6, 6.07) is 5.90. The van der Waals surface area contributed by atoms with Gasteiger partial charge in [0.05, 0.1) is 23.9 Å². The Bertz CT molecular complexity index is 1020. The zero-order valence-corrected chi connectivity index (χ0v) is 13.6. The number of thiazole rings is 1. The highest BCUT2D eigenvalue weighted by Gasteiger charge is 2.14. The summed E-state index contributed by atoms with van der Waals surface area (Å²) in [5.74, 6) is 0.266. The summed E-state index contributed by atoms with van der Waals surface area (Å²) >= 11 is 1.52. The van der Waals surface area contributed by atoms with Crippen LogP contribution in [-0.2, 0) is 4.74 Å². The number of ether oxygens (including phenoxy) is 1. The van der Waals surface area contributed by atoms with E-state index in [1.54, 1.807) is 30.2 Å². The Morgan fingerprint density at radius 1 is 1.38 bits per heavy atom. The number of fused-ring (bicyclic) bond motifs is 1. The van der Waals surface area contributed by atoms with Gasteiger partial charge in [-0.3, -0.25) is 4.57 Å². The monoisotopic (exact) mass is 339 g/mol. The molecule has 4 aromatic heterocycles.